The minimum Gasteiger partial charge on any atom is -0.500 e. The second-order valence-electron chi connectivity index (χ2n) is 3.13. The summed E-state index contributed by atoms with van der Waals surface area (Å²) >= 11 is 0. The highest BCUT2D eigenvalue weighted by molar-refractivity contribution is 5.86. The first-order valence-electron chi connectivity index (χ1n) is 4.73. The second kappa shape index (κ2) is 5.80. The Morgan fingerprint density at radius 1 is 1.31 bits per heavy atom. The molecule has 0 amide bonds. The maximum absolute atomic E-state index is 11.3. The van der Waals surface area contributed by atoms with Crippen molar-refractivity contribution in [2.75, 3.05) is 14.2 Å². The fraction of sp³-hybridized carbons (Fsp3) is 0.250. The standard InChI is InChI=1S/C12H14O4/c1-9-5-4-6-10(7-9)16-11(8-14-2)12(13)15-3/h4-8H,1-3H3/b11-8+. The average molecular weight is 222 g/mol. The van der Waals surface area contributed by atoms with E-state index in [1.165, 1.54) is 20.5 Å². The van der Waals surface area contributed by atoms with Crippen LogP contribution in [0.5, 0.6) is 5.75 Å². The predicted octanol–water partition coefficient (Wildman–Crippen LogP) is 2.03. The van der Waals surface area contributed by atoms with E-state index in [0.717, 1.165) is 5.56 Å². The fourth-order valence-electron chi connectivity index (χ4n) is 1.13. The number of hydrogen-bond donors (Lipinski definition) is 0. The lowest BCUT2D eigenvalue weighted by Gasteiger charge is -2.08. The molecule has 0 bridgehead atoms. The predicted molar refractivity (Wildman–Crippen MR) is 58.9 cm³/mol. The Balaban J connectivity index is 2.84. The Morgan fingerprint density at radius 2 is 2.06 bits per heavy atom. The first-order chi connectivity index (χ1) is 7.67. The van der Waals surface area contributed by atoms with E-state index in [4.69, 9.17) is 9.47 Å². The van der Waals surface area contributed by atoms with Gasteiger partial charge in [-0.05, 0) is 24.6 Å². The Morgan fingerprint density at radius 3 is 2.62 bits per heavy atom. The molecular formula is C12H14O4. The van der Waals surface area contributed by atoms with Crippen molar-refractivity contribution in [2.24, 2.45) is 0 Å². The Kier molecular flexibility index (Phi) is 4.39. The van der Waals surface area contributed by atoms with Crippen molar-refractivity contribution in [3.05, 3.63) is 41.9 Å². The molecule has 0 unspecified atom stereocenters. The summed E-state index contributed by atoms with van der Waals surface area (Å²) in [5, 5.41) is 0. The average Bonchev–Trinajstić information content (AvgIpc) is 2.27. The Bertz CT molecular complexity index is 396. The van der Waals surface area contributed by atoms with Gasteiger partial charge in [0.05, 0.1) is 14.2 Å². The molecule has 1 aromatic carbocycles. The molecule has 1 rings (SSSR count). The van der Waals surface area contributed by atoms with Gasteiger partial charge in [0.2, 0.25) is 5.76 Å². The number of benzene rings is 1. The molecule has 86 valence electrons. The number of aryl methyl sites for hydroxylation is 1. The number of ether oxygens (including phenoxy) is 3. The van der Waals surface area contributed by atoms with Crippen LogP contribution in [0.3, 0.4) is 0 Å². The number of carbonyl (C=O) groups is 1. The Hall–Kier alpha value is -1.97. The van der Waals surface area contributed by atoms with E-state index in [1.54, 1.807) is 6.07 Å². The highest BCUT2D eigenvalue weighted by atomic mass is 16.6. The minimum absolute atomic E-state index is 0.00981. The number of rotatable bonds is 4. The molecule has 16 heavy (non-hydrogen) atoms. The third kappa shape index (κ3) is 3.31. The number of hydrogen-bond acceptors (Lipinski definition) is 4. The fourth-order valence-corrected chi connectivity index (χ4v) is 1.13. The SMILES string of the molecule is CO/C=C(/Oc1cccc(C)c1)C(=O)OC. The molecule has 0 atom stereocenters. The summed E-state index contributed by atoms with van der Waals surface area (Å²) in [6.07, 6.45) is 1.20. The molecule has 0 saturated carbocycles. The summed E-state index contributed by atoms with van der Waals surface area (Å²) in [6.45, 7) is 1.94. The highest BCUT2D eigenvalue weighted by Crippen LogP contribution is 2.16. The van der Waals surface area contributed by atoms with Crippen molar-refractivity contribution < 1.29 is 19.0 Å². The second-order valence-corrected chi connectivity index (χ2v) is 3.13. The van der Waals surface area contributed by atoms with Gasteiger partial charge in [-0.25, -0.2) is 4.79 Å². The zero-order valence-electron chi connectivity index (χ0n) is 9.52. The van der Waals surface area contributed by atoms with Gasteiger partial charge in [0.25, 0.3) is 0 Å². The molecule has 0 aromatic heterocycles. The smallest absolute Gasteiger partial charge is 0.377 e. The van der Waals surface area contributed by atoms with Crippen LogP contribution in [0.15, 0.2) is 36.3 Å². The molecule has 4 heteroatoms. The number of esters is 1. The largest absolute Gasteiger partial charge is 0.500 e. The van der Waals surface area contributed by atoms with Crippen LogP contribution in [0.25, 0.3) is 0 Å². The number of methoxy groups -OCH3 is 2. The summed E-state index contributed by atoms with van der Waals surface area (Å²) in [7, 11) is 2.72. The number of carbonyl (C=O) groups excluding carboxylic acids is 1. The van der Waals surface area contributed by atoms with E-state index in [9.17, 15) is 4.79 Å². The maximum Gasteiger partial charge on any atom is 0.377 e. The summed E-state index contributed by atoms with van der Waals surface area (Å²) < 4.78 is 14.6. The van der Waals surface area contributed by atoms with E-state index in [2.05, 4.69) is 4.74 Å². The van der Waals surface area contributed by atoms with Crippen LogP contribution in [0.1, 0.15) is 5.56 Å². The Labute approximate surface area is 94.4 Å². The highest BCUT2D eigenvalue weighted by Gasteiger charge is 2.12. The van der Waals surface area contributed by atoms with Crippen molar-refractivity contribution in [3.63, 3.8) is 0 Å². The van der Waals surface area contributed by atoms with Gasteiger partial charge in [-0.1, -0.05) is 12.1 Å². The summed E-state index contributed by atoms with van der Waals surface area (Å²) in [6, 6.07) is 7.34. The van der Waals surface area contributed by atoms with Crippen LogP contribution in [-0.2, 0) is 14.3 Å². The molecule has 0 saturated heterocycles. The van der Waals surface area contributed by atoms with Gasteiger partial charge < -0.3 is 14.2 Å². The van der Waals surface area contributed by atoms with Gasteiger partial charge >= 0.3 is 5.97 Å². The van der Waals surface area contributed by atoms with Gasteiger partial charge in [-0.3, -0.25) is 0 Å². The summed E-state index contributed by atoms with van der Waals surface area (Å²) in [5.41, 5.74) is 1.04. The van der Waals surface area contributed by atoms with E-state index in [1.807, 2.05) is 25.1 Å². The molecular weight excluding hydrogens is 208 g/mol. The van der Waals surface area contributed by atoms with Gasteiger partial charge in [0.1, 0.15) is 12.0 Å². The van der Waals surface area contributed by atoms with E-state index < -0.39 is 5.97 Å². The molecule has 0 aliphatic rings. The van der Waals surface area contributed by atoms with Crippen LogP contribution in [-0.4, -0.2) is 20.2 Å². The molecule has 1 aromatic rings. The molecule has 0 N–H and O–H groups in total. The molecule has 0 radical (unpaired) electrons. The van der Waals surface area contributed by atoms with Crippen LogP contribution < -0.4 is 4.74 Å². The third-order valence-electron chi connectivity index (χ3n) is 1.83. The van der Waals surface area contributed by atoms with E-state index >= 15 is 0 Å². The molecule has 0 heterocycles. The van der Waals surface area contributed by atoms with Crippen LogP contribution in [0.2, 0.25) is 0 Å². The van der Waals surface area contributed by atoms with Gasteiger partial charge in [0.15, 0.2) is 0 Å². The molecule has 0 fully saturated rings. The lowest BCUT2D eigenvalue weighted by atomic mass is 10.2. The van der Waals surface area contributed by atoms with E-state index in [-0.39, 0.29) is 5.76 Å². The summed E-state index contributed by atoms with van der Waals surface area (Å²) in [5.74, 6) is -0.00680. The first-order valence-corrected chi connectivity index (χ1v) is 4.73. The van der Waals surface area contributed by atoms with E-state index in [0.29, 0.717) is 5.75 Å². The quantitative estimate of drug-likeness (QED) is 0.444. The third-order valence-corrected chi connectivity index (χ3v) is 1.83. The van der Waals surface area contributed by atoms with Gasteiger partial charge in [0, 0.05) is 0 Å². The van der Waals surface area contributed by atoms with Crippen molar-refractivity contribution in [1.29, 1.82) is 0 Å². The van der Waals surface area contributed by atoms with Gasteiger partial charge in [-0.2, -0.15) is 0 Å². The minimum atomic E-state index is -0.580. The molecule has 0 spiro atoms. The topological polar surface area (TPSA) is 44.8 Å². The monoisotopic (exact) mass is 222 g/mol. The van der Waals surface area contributed by atoms with Crippen LogP contribution in [0.4, 0.5) is 0 Å². The normalized spacial score (nSPS) is 10.8. The van der Waals surface area contributed by atoms with Crippen molar-refractivity contribution in [3.8, 4) is 5.75 Å². The maximum atomic E-state index is 11.3. The summed E-state index contributed by atoms with van der Waals surface area (Å²) in [4.78, 5) is 11.3. The molecule has 4 nitrogen and oxygen atoms in total. The first kappa shape index (κ1) is 12.1. The lowest BCUT2D eigenvalue weighted by molar-refractivity contribution is -0.138. The van der Waals surface area contributed by atoms with Crippen molar-refractivity contribution in [2.45, 2.75) is 6.92 Å². The van der Waals surface area contributed by atoms with Crippen LogP contribution in [0, 0.1) is 6.92 Å². The van der Waals surface area contributed by atoms with Gasteiger partial charge in [-0.15, -0.1) is 0 Å². The lowest BCUT2D eigenvalue weighted by Crippen LogP contribution is -2.11. The zero-order valence-corrected chi connectivity index (χ0v) is 9.52. The molecule has 0 aliphatic heterocycles. The van der Waals surface area contributed by atoms with Crippen molar-refractivity contribution in [1.82, 2.24) is 0 Å². The van der Waals surface area contributed by atoms with Crippen LogP contribution >= 0.6 is 0 Å². The zero-order chi connectivity index (χ0) is 12.0. The van der Waals surface area contributed by atoms with Crippen molar-refractivity contribution >= 4 is 5.97 Å². The molecule has 0 aliphatic carbocycles.